The topological polar surface area (TPSA) is 75.3 Å². The molecule has 0 radical (unpaired) electrons. The van der Waals surface area contributed by atoms with Gasteiger partial charge in [0.05, 0.1) is 10.6 Å². The van der Waals surface area contributed by atoms with Crippen molar-refractivity contribution in [3.63, 3.8) is 0 Å². The molecular weight excluding hydrogens is 343 g/mol. The molecule has 1 amide bonds. The third-order valence-corrected chi connectivity index (χ3v) is 5.05. The van der Waals surface area contributed by atoms with E-state index < -0.39 is 21.6 Å². The van der Waals surface area contributed by atoms with Gasteiger partial charge in [-0.05, 0) is 37.2 Å². The van der Waals surface area contributed by atoms with E-state index in [0.29, 0.717) is 13.1 Å². The highest BCUT2D eigenvalue weighted by molar-refractivity contribution is 7.91. The van der Waals surface area contributed by atoms with E-state index in [1.165, 1.54) is 12.1 Å². The molecule has 0 heterocycles. The van der Waals surface area contributed by atoms with E-state index in [0.717, 1.165) is 25.1 Å². The van der Waals surface area contributed by atoms with Crippen LogP contribution in [0.1, 0.15) is 20.3 Å². The van der Waals surface area contributed by atoms with Crippen LogP contribution >= 0.6 is 12.4 Å². The summed E-state index contributed by atoms with van der Waals surface area (Å²) in [6, 6.07) is 4.61. The lowest BCUT2D eigenvalue weighted by atomic mass is 10.2. The van der Waals surface area contributed by atoms with Crippen LogP contribution in [0.15, 0.2) is 29.2 Å². The average Bonchev–Trinajstić information content (AvgIpc) is 2.46. The number of carbonyl (C=O) groups excluding carboxylic acids is 1. The first-order valence-electron chi connectivity index (χ1n) is 7.33. The van der Waals surface area contributed by atoms with Gasteiger partial charge in [0.15, 0.2) is 9.84 Å². The maximum atomic E-state index is 12.8. The zero-order valence-electron chi connectivity index (χ0n) is 13.3. The molecule has 0 saturated carbocycles. The molecule has 0 aromatic heterocycles. The van der Waals surface area contributed by atoms with Crippen LogP contribution in [0.3, 0.4) is 0 Å². The quantitative estimate of drug-likeness (QED) is 0.516. The molecule has 0 aliphatic heterocycles. The summed E-state index contributed by atoms with van der Waals surface area (Å²) >= 11 is 0. The Labute approximate surface area is 143 Å². The summed E-state index contributed by atoms with van der Waals surface area (Å²) in [7, 11) is -3.60. The highest BCUT2D eigenvalue weighted by Gasteiger charge is 2.23. The predicted molar refractivity (Wildman–Crippen MR) is 91.0 cm³/mol. The molecule has 1 aromatic carbocycles. The van der Waals surface area contributed by atoms with E-state index in [-0.39, 0.29) is 29.0 Å². The minimum Gasteiger partial charge on any atom is -0.355 e. The Morgan fingerprint density at radius 3 is 2.35 bits per heavy atom. The van der Waals surface area contributed by atoms with Gasteiger partial charge in [-0.3, -0.25) is 4.79 Å². The number of nitrogens with one attached hydrogen (secondary N) is 2. The number of sulfone groups is 1. The van der Waals surface area contributed by atoms with Gasteiger partial charge in [0.25, 0.3) is 0 Å². The van der Waals surface area contributed by atoms with Gasteiger partial charge in [0.2, 0.25) is 5.91 Å². The molecule has 8 heteroatoms. The number of carbonyl (C=O) groups is 1. The lowest BCUT2D eigenvalue weighted by Crippen LogP contribution is -2.37. The van der Waals surface area contributed by atoms with Crippen molar-refractivity contribution in [3.8, 4) is 0 Å². The first-order chi connectivity index (χ1) is 10.4. The number of hydrogen-bond acceptors (Lipinski definition) is 4. The Bertz CT molecular complexity index is 579. The second-order valence-corrected chi connectivity index (χ2v) is 7.21. The Hall–Kier alpha value is -1.18. The van der Waals surface area contributed by atoms with Crippen molar-refractivity contribution in [1.82, 2.24) is 10.6 Å². The maximum absolute atomic E-state index is 12.8. The summed E-state index contributed by atoms with van der Waals surface area (Å²) in [5, 5.41) is 5.84. The number of benzene rings is 1. The van der Waals surface area contributed by atoms with Crippen LogP contribution < -0.4 is 10.6 Å². The highest BCUT2D eigenvalue weighted by Crippen LogP contribution is 2.15. The molecular formula is C15H24ClFN2O3S. The normalized spacial score (nSPS) is 12.3. The van der Waals surface area contributed by atoms with E-state index in [1.807, 2.05) is 6.92 Å². The Morgan fingerprint density at radius 1 is 1.17 bits per heavy atom. The van der Waals surface area contributed by atoms with Crippen LogP contribution in [0.25, 0.3) is 0 Å². The predicted octanol–water partition coefficient (Wildman–Crippen LogP) is 1.77. The third kappa shape index (κ3) is 7.76. The Morgan fingerprint density at radius 2 is 1.78 bits per heavy atom. The van der Waals surface area contributed by atoms with Gasteiger partial charge in [-0.25, -0.2) is 12.8 Å². The van der Waals surface area contributed by atoms with Crippen LogP contribution in [0.2, 0.25) is 0 Å². The summed E-state index contributed by atoms with van der Waals surface area (Å²) in [5.74, 6) is -1.76. The smallest absolute Gasteiger partial charge is 0.223 e. The Balaban J connectivity index is 0.00000484. The van der Waals surface area contributed by atoms with Crippen molar-refractivity contribution in [2.24, 2.45) is 5.92 Å². The second kappa shape index (κ2) is 10.6. The molecule has 2 N–H and O–H groups in total. The van der Waals surface area contributed by atoms with Crippen molar-refractivity contribution in [3.05, 3.63) is 30.1 Å². The maximum Gasteiger partial charge on any atom is 0.223 e. The summed E-state index contributed by atoms with van der Waals surface area (Å²) in [5.41, 5.74) is 0. The number of halogens is 2. The molecule has 1 rings (SSSR count). The van der Waals surface area contributed by atoms with E-state index in [1.54, 1.807) is 6.92 Å². The fraction of sp³-hybridized carbons (Fsp3) is 0.533. The molecule has 1 atom stereocenters. The van der Waals surface area contributed by atoms with E-state index >= 15 is 0 Å². The zero-order valence-corrected chi connectivity index (χ0v) is 15.0. The van der Waals surface area contributed by atoms with Crippen molar-refractivity contribution in [2.75, 3.05) is 25.4 Å². The minimum absolute atomic E-state index is 0. The molecule has 1 unspecified atom stereocenters. The van der Waals surface area contributed by atoms with Gasteiger partial charge >= 0.3 is 0 Å². The lowest BCUT2D eigenvalue weighted by Gasteiger charge is -2.13. The molecule has 0 saturated heterocycles. The molecule has 0 fully saturated rings. The molecule has 0 bridgehead atoms. The number of rotatable bonds is 9. The number of amides is 1. The minimum atomic E-state index is -3.60. The van der Waals surface area contributed by atoms with Gasteiger partial charge in [0, 0.05) is 19.0 Å². The summed E-state index contributed by atoms with van der Waals surface area (Å²) in [4.78, 5) is 11.9. The van der Waals surface area contributed by atoms with Gasteiger partial charge < -0.3 is 10.6 Å². The summed E-state index contributed by atoms with van der Waals surface area (Å²) < 4.78 is 37.1. The lowest BCUT2D eigenvalue weighted by molar-refractivity contribution is -0.123. The zero-order chi connectivity index (χ0) is 16.6. The third-order valence-electron chi connectivity index (χ3n) is 3.12. The fourth-order valence-corrected chi connectivity index (χ4v) is 3.45. The first-order valence-corrected chi connectivity index (χ1v) is 8.98. The Kier molecular flexibility index (Phi) is 10.0. The van der Waals surface area contributed by atoms with Crippen molar-refractivity contribution in [1.29, 1.82) is 0 Å². The van der Waals surface area contributed by atoms with Gasteiger partial charge in [0.1, 0.15) is 5.82 Å². The molecule has 0 spiro atoms. The number of hydrogen-bond donors (Lipinski definition) is 2. The second-order valence-electron chi connectivity index (χ2n) is 5.18. The van der Waals surface area contributed by atoms with Crippen LogP contribution in [0, 0.1) is 11.7 Å². The SMILES string of the molecule is CCCNCCNC(=O)C(C)CS(=O)(=O)c1ccc(F)cc1.Cl. The van der Waals surface area contributed by atoms with Gasteiger partial charge in [-0.1, -0.05) is 13.8 Å². The average molecular weight is 367 g/mol. The van der Waals surface area contributed by atoms with Crippen molar-refractivity contribution >= 4 is 28.2 Å². The van der Waals surface area contributed by atoms with Gasteiger partial charge in [-0.2, -0.15) is 0 Å². The van der Waals surface area contributed by atoms with Crippen LogP contribution in [0.5, 0.6) is 0 Å². The highest BCUT2D eigenvalue weighted by atomic mass is 35.5. The van der Waals surface area contributed by atoms with Crippen molar-refractivity contribution < 1.29 is 17.6 Å². The first kappa shape index (κ1) is 21.8. The van der Waals surface area contributed by atoms with E-state index in [4.69, 9.17) is 0 Å². The molecule has 23 heavy (non-hydrogen) atoms. The van der Waals surface area contributed by atoms with E-state index in [9.17, 15) is 17.6 Å². The van der Waals surface area contributed by atoms with E-state index in [2.05, 4.69) is 10.6 Å². The molecule has 132 valence electrons. The summed E-state index contributed by atoms with van der Waals surface area (Å²) in [6.07, 6.45) is 1.01. The van der Waals surface area contributed by atoms with Crippen LogP contribution in [-0.2, 0) is 14.6 Å². The van der Waals surface area contributed by atoms with Crippen LogP contribution in [-0.4, -0.2) is 39.7 Å². The molecule has 5 nitrogen and oxygen atoms in total. The van der Waals surface area contributed by atoms with Crippen LogP contribution in [0.4, 0.5) is 4.39 Å². The van der Waals surface area contributed by atoms with Gasteiger partial charge in [-0.15, -0.1) is 12.4 Å². The standard InChI is InChI=1S/C15H23FN2O3S.ClH/c1-3-8-17-9-10-18-15(19)12(2)11-22(20,21)14-6-4-13(16)5-7-14;/h4-7,12,17H,3,8-11H2,1-2H3,(H,18,19);1H. The molecule has 0 aliphatic rings. The largest absolute Gasteiger partial charge is 0.355 e. The molecule has 0 aliphatic carbocycles. The van der Waals surface area contributed by atoms with Crippen molar-refractivity contribution in [2.45, 2.75) is 25.2 Å². The monoisotopic (exact) mass is 366 g/mol. The molecule has 1 aromatic rings. The fourth-order valence-electron chi connectivity index (χ4n) is 1.89. The summed E-state index contributed by atoms with van der Waals surface area (Å²) in [6.45, 7) is 5.60.